The van der Waals surface area contributed by atoms with Crippen LogP contribution < -0.4 is 16.0 Å². The minimum absolute atomic E-state index is 0.121. The van der Waals surface area contributed by atoms with Gasteiger partial charge in [0.05, 0.1) is 11.9 Å². The predicted molar refractivity (Wildman–Crippen MR) is 99.3 cm³/mol. The second-order valence-electron chi connectivity index (χ2n) is 6.36. The predicted octanol–water partition coefficient (Wildman–Crippen LogP) is 1.50. The van der Waals surface area contributed by atoms with Gasteiger partial charge in [-0.2, -0.15) is 18.2 Å². The van der Waals surface area contributed by atoms with Gasteiger partial charge in [-0.25, -0.2) is 4.98 Å². The van der Waals surface area contributed by atoms with E-state index in [4.69, 9.17) is 5.73 Å². The maximum atomic E-state index is 12.4. The summed E-state index contributed by atoms with van der Waals surface area (Å²) < 4.78 is 37.3. The average molecular weight is 416 g/mol. The van der Waals surface area contributed by atoms with Crippen LogP contribution in [0, 0.1) is 6.92 Å². The zero-order valence-electron chi connectivity index (χ0n) is 15.0. The van der Waals surface area contributed by atoms with E-state index in [0.29, 0.717) is 23.7 Å². The molecule has 28 heavy (non-hydrogen) atoms. The Balaban J connectivity index is 1.80. The van der Waals surface area contributed by atoms with Crippen molar-refractivity contribution in [1.82, 2.24) is 14.9 Å². The van der Waals surface area contributed by atoms with Gasteiger partial charge in [0.25, 0.3) is 0 Å². The molecule has 0 saturated carbocycles. The monoisotopic (exact) mass is 416 g/mol. The van der Waals surface area contributed by atoms with Crippen LogP contribution in [-0.2, 0) is 9.59 Å². The lowest BCUT2D eigenvalue weighted by molar-refractivity contribution is -0.161. The van der Waals surface area contributed by atoms with E-state index in [2.05, 4.69) is 15.3 Å². The third-order valence-electron chi connectivity index (χ3n) is 4.22. The summed E-state index contributed by atoms with van der Waals surface area (Å²) in [5.41, 5.74) is 5.31. The zero-order valence-corrected chi connectivity index (χ0v) is 15.9. The highest BCUT2D eigenvalue weighted by atomic mass is 32.1. The number of rotatable bonds is 4. The van der Waals surface area contributed by atoms with Gasteiger partial charge in [-0.15, -0.1) is 11.3 Å². The second-order valence-corrected chi connectivity index (χ2v) is 7.59. The molecule has 1 aliphatic rings. The summed E-state index contributed by atoms with van der Waals surface area (Å²) in [6, 6.07) is 1.92. The Morgan fingerprint density at radius 2 is 1.93 bits per heavy atom. The Morgan fingerprint density at radius 1 is 1.25 bits per heavy atom. The number of carbonyl (C=O) groups excluding carboxylic acids is 2. The van der Waals surface area contributed by atoms with Gasteiger partial charge >= 0.3 is 6.18 Å². The smallest absolute Gasteiger partial charge is 0.352 e. The van der Waals surface area contributed by atoms with Crippen molar-refractivity contribution < 1.29 is 22.8 Å². The van der Waals surface area contributed by atoms with Crippen molar-refractivity contribution >= 4 is 45.1 Å². The van der Waals surface area contributed by atoms with Crippen LogP contribution in [0.1, 0.15) is 11.3 Å². The third-order valence-corrected chi connectivity index (χ3v) is 5.16. The van der Waals surface area contributed by atoms with Crippen LogP contribution in [0.4, 0.5) is 24.9 Å². The van der Waals surface area contributed by atoms with Gasteiger partial charge in [0.1, 0.15) is 17.1 Å². The molecule has 2 aromatic rings. The number of fused-ring (bicyclic) bond motifs is 1. The highest BCUT2D eigenvalue weighted by molar-refractivity contribution is 7.18. The Kier molecular flexibility index (Phi) is 5.70. The van der Waals surface area contributed by atoms with Gasteiger partial charge in [-0.1, -0.05) is 0 Å². The van der Waals surface area contributed by atoms with Crippen molar-refractivity contribution in [2.24, 2.45) is 5.73 Å². The number of halogens is 3. The molecule has 3 rings (SSSR count). The van der Waals surface area contributed by atoms with Crippen molar-refractivity contribution in [3.63, 3.8) is 0 Å². The first-order valence-corrected chi connectivity index (χ1v) is 9.35. The van der Waals surface area contributed by atoms with E-state index in [1.165, 1.54) is 16.2 Å². The Labute approximate surface area is 162 Å². The zero-order chi connectivity index (χ0) is 20.5. The van der Waals surface area contributed by atoms with Gasteiger partial charge in [0, 0.05) is 31.1 Å². The molecular formula is C16H19F3N6O2S. The number of amides is 2. The first kappa shape index (κ1) is 20.3. The summed E-state index contributed by atoms with van der Waals surface area (Å²) in [5, 5.41) is 3.32. The number of nitrogens with one attached hydrogen (secondary N) is 1. The molecule has 0 radical (unpaired) electrons. The molecule has 1 fully saturated rings. The number of anilines is 2. The Hall–Kier alpha value is -2.47. The average Bonchev–Trinajstić information content (AvgIpc) is 2.99. The summed E-state index contributed by atoms with van der Waals surface area (Å²) in [6.07, 6.45) is -5.97. The van der Waals surface area contributed by atoms with Crippen molar-refractivity contribution in [2.75, 3.05) is 42.9 Å². The van der Waals surface area contributed by atoms with Gasteiger partial charge < -0.3 is 15.5 Å². The fourth-order valence-corrected chi connectivity index (χ4v) is 3.82. The molecule has 0 unspecified atom stereocenters. The lowest BCUT2D eigenvalue weighted by Crippen LogP contribution is -2.49. The summed E-state index contributed by atoms with van der Waals surface area (Å²) in [6.45, 7) is 2.69. The largest absolute Gasteiger partial charge is 0.397 e. The minimum Gasteiger partial charge on any atom is -0.352 e. The quantitative estimate of drug-likeness (QED) is 0.783. The molecule has 3 N–H and O–H groups in total. The van der Waals surface area contributed by atoms with Crippen molar-refractivity contribution in [3.05, 3.63) is 10.9 Å². The topological polar surface area (TPSA) is 104 Å². The molecule has 2 amide bonds. The van der Waals surface area contributed by atoms with Gasteiger partial charge in [-0.3, -0.25) is 14.9 Å². The molecule has 3 heterocycles. The highest BCUT2D eigenvalue weighted by Gasteiger charge is 2.34. The van der Waals surface area contributed by atoms with E-state index in [-0.39, 0.29) is 25.6 Å². The first-order chi connectivity index (χ1) is 13.2. The van der Waals surface area contributed by atoms with Crippen molar-refractivity contribution in [2.45, 2.75) is 19.5 Å². The van der Waals surface area contributed by atoms with Crippen LogP contribution >= 0.6 is 11.3 Å². The molecule has 0 aliphatic carbocycles. The molecule has 12 heteroatoms. The Bertz CT molecular complexity index is 892. The van der Waals surface area contributed by atoms with Gasteiger partial charge in [0.15, 0.2) is 0 Å². The molecule has 152 valence electrons. The van der Waals surface area contributed by atoms with E-state index >= 15 is 0 Å². The molecule has 2 aromatic heterocycles. The summed E-state index contributed by atoms with van der Waals surface area (Å²) in [5.74, 6) is -0.664. The van der Waals surface area contributed by atoms with Crippen LogP contribution in [0.25, 0.3) is 10.2 Å². The molecule has 0 spiro atoms. The van der Waals surface area contributed by atoms with Crippen LogP contribution in [0.15, 0.2) is 6.07 Å². The molecule has 0 aromatic carbocycles. The van der Waals surface area contributed by atoms with Crippen LogP contribution in [0.2, 0.25) is 0 Å². The van der Waals surface area contributed by atoms with Crippen LogP contribution in [0.3, 0.4) is 0 Å². The van der Waals surface area contributed by atoms with E-state index < -0.39 is 24.4 Å². The lowest BCUT2D eigenvalue weighted by atomic mass is 10.2. The SMILES string of the molecule is Cc1cc2c(N3CCN(C(=O)CC(F)(F)F)CC3)nc(NC(=O)CN)nc2s1. The van der Waals surface area contributed by atoms with E-state index in [9.17, 15) is 22.8 Å². The normalized spacial score (nSPS) is 15.2. The number of aryl methyl sites for hydroxylation is 1. The molecular weight excluding hydrogens is 397 g/mol. The molecule has 8 nitrogen and oxygen atoms in total. The summed E-state index contributed by atoms with van der Waals surface area (Å²) in [4.78, 5) is 36.9. The second kappa shape index (κ2) is 7.87. The van der Waals surface area contributed by atoms with Gasteiger partial charge in [0.2, 0.25) is 17.8 Å². The number of thiophene rings is 1. The Morgan fingerprint density at radius 3 is 2.54 bits per heavy atom. The number of aromatic nitrogens is 2. The van der Waals surface area contributed by atoms with Crippen LogP contribution in [-0.4, -0.2) is 65.6 Å². The molecule has 1 aliphatic heterocycles. The number of carbonyl (C=O) groups is 2. The minimum atomic E-state index is -4.52. The van der Waals surface area contributed by atoms with E-state index in [1.807, 2.05) is 17.9 Å². The number of hydrogen-bond acceptors (Lipinski definition) is 7. The highest BCUT2D eigenvalue weighted by Crippen LogP contribution is 2.32. The van der Waals surface area contributed by atoms with Crippen molar-refractivity contribution in [1.29, 1.82) is 0 Å². The maximum absolute atomic E-state index is 12.4. The third kappa shape index (κ3) is 4.68. The summed E-state index contributed by atoms with van der Waals surface area (Å²) >= 11 is 1.44. The number of hydrogen-bond donors (Lipinski definition) is 2. The fraction of sp³-hybridized carbons (Fsp3) is 0.500. The lowest BCUT2D eigenvalue weighted by Gasteiger charge is -2.35. The maximum Gasteiger partial charge on any atom is 0.397 e. The summed E-state index contributed by atoms with van der Waals surface area (Å²) in [7, 11) is 0. The van der Waals surface area contributed by atoms with E-state index in [0.717, 1.165) is 10.3 Å². The van der Waals surface area contributed by atoms with Crippen LogP contribution in [0.5, 0.6) is 0 Å². The van der Waals surface area contributed by atoms with E-state index in [1.54, 1.807) is 0 Å². The number of nitrogens with zero attached hydrogens (tertiary/aromatic N) is 4. The number of nitrogens with two attached hydrogens (primary N) is 1. The fourth-order valence-electron chi connectivity index (χ4n) is 2.95. The van der Waals surface area contributed by atoms with Crippen molar-refractivity contribution in [3.8, 4) is 0 Å². The molecule has 0 atom stereocenters. The standard InChI is InChI=1S/C16H19F3N6O2S/c1-9-6-10-13(22-15(21-11(26)8-20)23-14(10)28-9)25-4-2-24(3-5-25)12(27)7-16(17,18)19/h6H,2-5,7-8,20H2,1H3,(H,21,22,23,26). The number of piperazine rings is 1. The molecule has 1 saturated heterocycles. The number of alkyl halides is 3. The first-order valence-electron chi connectivity index (χ1n) is 8.54. The van der Waals surface area contributed by atoms with Gasteiger partial charge in [-0.05, 0) is 13.0 Å². The molecule has 0 bridgehead atoms.